The number of ether oxygens (including phenoxy) is 1. The van der Waals surface area contributed by atoms with Crippen LogP contribution < -0.4 is 5.32 Å². The monoisotopic (exact) mass is 298 g/mol. The van der Waals surface area contributed by atoms with Gasteiger partial charge in [-0.2, -0.15) is 0 Å². The van der Waals surface area contributed by atoms with E-state index in [1.54, 1.807) is 6.20 Å². The van der Waals surface area contributed by atoms with Gasteiger partial charge in [0.15, 0.2) is 0 Å². The lowest BCUT2D eigenvalue weighted by Gasteiger charge is -2.19. The Morgan fingerprint density at radius 1 is 1.32 bits per heavy atom. The Morgan fingerprint density at radius 3 is 2.77 bits per heavy atom. The van der Waals surface area contributed by atoms with Crippen molar-refractivity contribution in [3.8, 4) is 11.8 Å². The molecule has 0 aliphatic heterocycles. The molecule has 0 radical (unpaired) electrons. The van der Waals surface area contributed by atoms with E-state index in [0.717, 1.165) is 29.4 Å². The molecule has 1 heterocycles. The van der Waals surface area contributed by atoms with E-state index in [0.29, 0.717) is 0 Å². The normalized spacial score (nSPS) is 11.1. The van der Waals surface area contributed by atoms with Crippen LogP contribution in [0.2, 0.25) is 0 Å². The van der Waals surface area contributed by atoms with Crippen LogP contribution in [0.4, 0.5) is 4.79 Å². The zero-order valence-corrected chi connectivity index (χ0v) is 13.6. The van der Waals surface area contributed by atoms with Crippen LogP contribution >= 0.6 is 0 Å². The third-order valence-electron chi connectivity index (χ3n) is 3.01. The van der Waals surface area contributed by atoms with E-state index < -0.39 is 5.60 Å². The molecule has 0 aliphatic carbocycles. The highest BCUT2D eigenvalue weighted by molar-refractivity contribution is 5.90. The van der Waals surface area contributed by atoms with Crippen molar-refractivity contribution in [3.05, 3.63) is 36.0 Å². The largest absolute Gasteiger partial charge is 0.443 e. The van der Waals surface area contributed by atoms with Crippen LogP contribution in [-0.2, 0) is 4.74 Å². The van der Waals surface area contributed by atoms with Gasteiger partial charge in [-0.25, -0.2) is 4.79 Å². The van der Waals surface area contributed by atoms with Crippen molar-refractivity contribution in [2.45, 2.75) is 32.8 Å². The molecule has 22 heavy (non-hydrogen) atoms. The van der Waals surface area contributed by atoms with Crippen molar-refractivity contribution in [2.75, 3.05) is 13.6 Å². The molecular formula is C18H22N2O2. The topological polar surface area (TPSA) is 43.3 Å². The van der Waals surface area contributed by atoms with E-state index in [1.807, 2.05) is 52.1 Å². The summed E-state index contributed by atoms with van der Waals surface area (Å²) in [5, 5.41) is 4.04. The summed E-state index contributed by atoms with van der Waals surface area (Å²) in [7, 11) is 1.91. The Hall–Kier alpha value is -2.25. The fourth-order valence-corrected chi connectivity index (χ4v) is 2.04. The Kier molecular flexibility index (Phi) is 4.89. The van der Waals surface area contributed by atoms with Gasteiger partial charge in [0, 0.05) is 30.1 Å². The smallest absolute Gasteiger partial charge is 0.418 e. The number of hydrogen-bond donors (Lipinski definition) is 1. The number of nitrogens with one attached hydrogen (secondary N) is 1. The molecule has 0 saturated heterocycles. The van der Waals surface area contributed by atoms with Gasteiger partial charge < -0.3 is 10.1 Å². The van der Waals surface area contributed by atoms with E-state index in [1.165, 1.54) is 4.57 Å². The molecule has 2 aromatic rings. The molecule has 1 aromatic heterocycles. The highest BCUT2D eigenvalue weighted by atomic mass is 16.6. The highest BCUT2D eigenvalue weighted by Crippen LogP contribution is 2.19. The van der Waals surface area contributed by atoms with Crippen molar-refractivity contribution >= 4 is 17.0 Å². The van der Waals surface area contributed by atoms with Gasteiger partial charge in [0.1, 0.15) is 5.60 Å². The number of carbonyl (C=O) groups is 1. The minimum absolute atomic E-state index is 0.365. The lowest BCUT2D eigenvalue weighted by molar-refractivity contribution is 0.0544. The van der Waals surface area contributed by atoms with Gasteiger partial charge in [-0.1, -0.05) is 11.8 Å². The highest BCUT2D eigenvalue weighted by Gasteiger charge is 2.18. The molecular weight excluding hydrogens is 276 g/mol. The van der Waals surface area contributed by atoms with Crippen molar-refractivity contribution in [2.24, 2.45) is 0 Å². The number of rotatable bonds is 2. The summed E-state index contributed by atoms with van der Waals surface area (Å²) in [5.74, 6) is 6.25. The maximum absolute atomic E-state index is 12.2. The molecule has 0 fully saturated rings. The second-order valence-electron chi connectivity index (χ2n) is 6.10. The number of nitrogens with zero attached hydrogens (tertiary/aromatic N) is 1. The number of hydrogen-bond acceptors (Lipinski definition) is 3. The second-order valence-corrected chi connectivity index (χ2v) is 6.10. The minimum Gasteiger partial charge on any atom is -0.443 e. The van der Waals surface area contributed by atoms with Gasteiger partial charge in [-0.3, -0.25) is 4.57 Å². The summed E-state index contributed by atoms with van der Waals surface area (Å²) >= 11 is 0. The SMILES string of the molecule is CNCCC#Cc1ccc2c(ccn2C(=O)OC(C)(C)C)c1. The summed E-state index contributed by atoms with van der Waals surface area (Å²) in [5.41, 5.74) is 1.27. The van der Waals surface area contributed by atoms with E-state index >= 15 is 0 Å². The first-order valence-electron chi connectivity index (χ1n) is 7.38. The molecule has 4 heteroatoms. The molecule has 4 nitrogen and oxygen atoms in total. The molecule has 0 spiro atoms. The van der Waals surface area contributed by atoms with E-state index in [9.17, 15) is 4.79 Å². The number of carbonyl (C=O) groups excluding carboxylic acids is 1. The summed E-state index contributed by atoms with van der Waals surface area (Å²) in [4.78, 5) is 12.2. The number of benzene rings is 1. The average Bonchev–Trinajstić information content (AvgIpc) is 2.85. The standard InChI is InChI=1S/C18H22N2O2/c1-18(2,3)22-17(21)20-12-10-15-13-14(8-9-16(15)20)7-5-6-11-19-4/h8-10,12-13,19H,6,11H2,1-4H3. The van der Waals surface area contributed by atoms with Gasteiger partial charge in [-0.05, 0) is 52.1 Å². The van der Waals surface area contributed by atoms with E-state index in [-0.39, 0.29) is 6.09 Å². The average molecular weight is 298 g/mol. The first-order chi connectivity index (χ1) is 10.4. The molecule has 0 amide bonds. The number of aromatic nitrogens is 1. The Morgan fingerprint density at radius 2 is 2.09 bits per heavy atom. The first kappa shape index (κ1) is 16.1. The fraction of sp³-hybridized carbons (Fsp3) is 0.389. The molecule has 1 aromatic carbocycles. The van der Waals surface area contributed by atoms with Crippen molar-refractivity contribution in [1.29, 1.82) is 0 Å². The predicted molar refractivity (Wildman–Crippen MR) is 89.0 cm³/mol. The third-order valence-corrected chi connectivity index (χ3v) is 3.01. The zero-order valence-electron chi connectivity index (χ0n) is 13.6. The molecule has 1 N–H and O–H groups in total. The van der Waals surface area contributed by atoms with E-state index in [2.05, 4.69) is 17.2 Å². The first-order valence-corrected chi connectivity index (χ1v) is 7.38. The van der Waals surface area contributed by atoms with Gasteiger partial charge in [-0.15, -0.1) is 0 Å². The number of fused-ring (bicyclic) bond motifs is 1. The summed E-state index contributed by atoms with van der Waals surface area (Å²) in [6.07, 6.45) is 2.18. The molecule has 0 unspecified atom stereocenters. The zero-order chi connectivity index (χ0) is 16.2. The second kappa shape index (κ2) is 6.67. The van der Waals surface area contributed by atoms with Gasteiger partial charge in [0.25, 0.3) is 0 Å². The van der Waals surface area contributed by atoms with Gasteiger partial charge in [0.2, 0.25) is 0 Å². The van der Waals surface area contributed by atoms with Crippen LogP contribution in [0.5, 0.6) is 0 Å². The third kappa shape index (κ3) is 4.12. The molecule has 116 valence electrons. The van der Waals surface area contributed by atoms with Crippen LogP contribution in [0.25, 0.3) is 10.9 Å². The fourth-order valence-electron chi connectivity index (χ4n) is 2.04. The van der Waals surface area contributed by atoms with Crippen LogP contribution in [0.1, 0.15) is 32.8 Å². The lowest BCUT2D eigenvalue weighted by atomic mass is 10.1. The lowest BCUT2D eigenvalue weighted by Crippen LogP contribution is -2.26. The van der Waals surface area contributed by atoms with Crippen LogP contribution in [0.15, 0.2) is 30.5 Å². The Labute approximate surface area is 131 Å². The predicted octanol–water partition coefficient (Wildman–Crippen LogP) is 3.39. The van der Waals surface area contributed by atoms with Gasteiger partial charge in [0.05, 0.1) is 5.52 Å². The molecule has 0 aliphatic rings. The van der Waals surface area contributed by atoms with Crippen molar-refractivity contribution in [3.63, 3.8) is 0 Å². The molecule has 2 rings (SSSR count). The van der Waals surface area contributed by atoms with Crippen molar-refractivity contribution < 1.29 is 9.53 Å². The molecule has 0 atom stereocenters. The van der Waals surface area contributed by atoms with E-state index in [4.69, 9.17) is 4.74 Å². The van der Waals surface area contributed by atoms with Crippen LogP contribution in [0, 0.1) is 11.8 Å². The maximum atomic E-state index is 12.2. The summed E-state index contributed by atoms with van der Waals surface area (Å²) in [6, 6.07) is 7.72. The summed E-state index contributed by atoms with van der Waals surface area (Å²) < 4.78 is 6.93. The van der Waals surface area contributed by atoms with Crippen LogP contribution in [0.3, 0.4) is 0 Å². The molecule has 0 saturated carbocycles. The minimum atomic E-state index is -0.508. The quantitative estimate of drug-likeness (QED) is 0.682. The Balaban J connectivity index is 2.23. The Bertz CT molecular complexity index is 727. The van der Waals surface area contributed by atoms with Gasteiger partial charge >= 0.3 is 6.09 Å². The van der Waals surface area contributed by atoms with Crippen molar-refractivity contribution in [1.82, 2.24) is 9.88 Å². The summed E-state index contributed by atoms with van der Waals surface area (Å²) in [6.45, 7) is 6.45. The molecule has 0 bridgehead atoms. The van der Waals surface area contributed by atoms with Crippen LogP contribution in [-0.4, -0.2) is 29.9 Å². The maximum Gasteiger partial charge on any atom is 0.418 e.